The van der Waals surface area contributed by atoms with Crippen molar-refractivity contribution in [2.45, 2.75) is 0 Å². The molecule has 6 rings (SSSR count). The van der Waals surface area contributed by atoms with Crippen molar-refractivity contribution in [2.75, 3.05) is 0 Å². The second kappa shape index (κ2) is 13.4. The molecule has 202 valence electrons. The highest BCUT2D eigenvalue weighted by molar-refractivity contribution is 5.84. The van der Waals surface area contributed by atoms with Gasteiger partial charge in [-0.05, 0) is 65.4 Å². The molecule has 0 aliphatic carbocycles. The quantitative estimate of drug-likeness (QED) is 0.147. The summed E-state index contributed by atoms with van der Waals surface area (Å²) >= 11 is 0. The minimum atomic E-state index is 0.567. The van der Waals surface area contributed by atoms with Crippen LogP contribution in [0.2, 0.25) is 0 Å². The van der Waals surface area contributed by atoms with Gasteiger partial charge in [0.15, 0.2) is 6.29 Å². The first-order valence-corrected chi connectivity index (χ1v) is 14.1. The molecule has 0 atom stereocenters. The van der Waals surface area contributed by atoms with Crippen molar-refractivity contribution in [1.29, 1.82) is 0 Å². The number of hydrogen-bond donors (Lipinski definition) is 0. The van der Waals surface area contributed by atoms with Crippen LogP contribution < -0.4 is 0 Å². The molecular weight excluding hydrogens is 532 g/mol. The molecule has 0 bridgehead atoms. The van der Waals surface area contributed by atoms with Crippen LogP contribution in [0.25, 0.3) is 10.8 Å². The Morgan fingerprint density at radius 3 is 1.18 bits per heavy atom. The fourth-order valence-corrected chi connectivity index (χ4v) is 4.63. The second-order valence-corrected chi connectivity index (χ2v) is 9.90. The summed E-state index contributed by atoms with van der Waals surface area (Å²) in [6, 6.07) is 45.4. The van der Waals surface area contributed by atoms with E-state index >= 15 is 0 Å². The third-order valence-electron chi connectivity index (χ3n) is 6.96. The smallest absolute Gasteiger partial charge is 0.151 e. The molecule has 0 heterocycles. The number of fused-ring (bicyclic) bond motifs is 1. The van der Waals surface area contributed by atoms with E-state index in [9.17, 15) is 4.79 Å². The number of rotatable bonds is 1. The molecular formula is C43H24O. The summed E-state index contributed by atoms with van der Waals surface area (Å²) in [7, 11) is 0. The van der Waals surface area contributed by atoms with Crippen molar-refractivity contribution >= 4 is 17.1 Å². The monoisotopic (exact) mass is 556 g/mol. The van der Waals surface area contributed by atoms with Crippen LogP contribution in [0, 0.1) is 47.4 Å². The molecule has 0 saturated carbocycles. The zero-order chi connectivity index (χ0) is 30.0. The van der Waals surface area contributed by atoms with Gasteiger partial charge in [-0.1, -0.05) is 132 Å². The third-order valence-corrected chi connectivity index (χ3v) is 6.96. The minimum absolute atomic E-state index is 0.567. The molecule has 0 amide bonds. The van der Waals surface area contributed by atoms with Gasteiger partial charge >= 0.3 is 0 Å². The van der Waals surface area contributed by atoms with Crippen molar-refractivity contribution in [2.24, 2.45) is 0 Å². The van der Waals surface area contributed by atoms with E-state index in [2.05, 4.69) is 71.6 Å². The first kappa shape index (κ1) is 27.6. The molecule has 6 aromatic rings. The first-order chi connectivity index (χ1) is 21.8. The highest BCUT2D eigenvalue weighted by Gasteiger charge is 2.01. The molecule has 0 fully saturated rings. The number of carbonyl (C=O) groups is 1. The van der Waals surface area contributed by atoms with Crippen LogP contribution in [0.3, 0.4) is 0 Å². The number of carbonyl (C=O) groups excluding carboxylic acids is 1. The Morgan fingerprint density at radius 1 is 0.341 bits per heavy atom. The van der Waals surface area contributed by atoms with Crippen LogP contribution in [0.4, 0.5) is 0 Å². The largest absolute Gasteiger partial charge is 0.298 e. The highest BCUT2D eigenvalue weighted by Crippen LogP contribution is 2.16. The van der Waals surface area contributed by atoms with Crippen LogP contribution in [0.1, 0.15) is 54.9 Å². The summed E-state index contributed by atoms with van der Waals surface area (Å²) in [4.78, 5) is 11.4. The zero-order valence-electron chi connectivity index (χ0n) is 23.8. The summed E-state index contributed by atoms with van der Waals surface area (Å²) in [5, 5.41) is 2.37. The van der Waals surface area contributed by atoms with Gasteiger partial charge in [0.1, 0.15) is 0 Å². The summed E-state index contributed by atoms with van der Waals surface area (Å²) in [5.74, 6) is 26.2. The van der Waals surface area contributed by atoms with Gasteiger partial charge in [-0.25, -0.2) is 0 Å². The van der Waals surface area contributed by atoms with Crippen molar-refractivity contribution in [3.63, 3.8) is 0 Å². The van der Waals surface area contributed by atoms with Gasteiger partial charge in [-0.2, -0.15) is 0 Å². The lowest BCUT2D eigenvalue weighted by molar-refractivity contribution is 0.112. The molecule has 0 spiro atoms. The van der Waals surface area contributed by atoms with E-state index in [0.717, 1.165) is 45.2 Å². The maximum Gasteiger partial charge on any atom is 0.151 e. The van der Waals surface area contributed by atoms with Gasteiger partial charge in [0.05, 0.1) is 0 Å². The summed E-state index contributed by atoms with van der Waals surface area (Å²) in [6.45, 7) is 0. The Kier molecular flexibility index (Phi) is 8.44. The fraction of sp³-hybridized carbons (Fsp3) is 0. The topological polar surface area (TPSA) is 17.1 Å². The Balaban J connectivity index is 1.28. The molecule has 0 unspecified atom stereocenters. The van der Waals surface area contributed by atoms with Crippen molar-refractivity contribution < 1.29 is 4.79 Å². The molecule has 44 heavy (non-hydrogen) atoms. The predicted molar refractivity (Wildman–Crippen MR) is 179 cm³/mol. The van der Waals surface area contributed by atoms with Gasteiger partial charge in [0.25, 0.3) is 0 Å². The van der Waals surface area contributed by atoms with Gasteiger partial charge in [0, 0.05) is 50.1 Å². The molecule has 0 radical (unpaired) electrons. The second-order valence-electron chi connectivity index (χ2n) is 9.90. The van der Waals surface area contributed by atoms with Gasteiger partial charge < -0.3 is 0 Å². The number of hydrogen-bond acceptors (Lipinski definition) is 1. The first-order valence-electron chi connectivity index (χ1n) is 14.1. The molecule has 0 N–H and O–H groups in total. The molecule has 1 heteroatoms. The van der Waals surface area contributed by atoms with Crippen LogP contribution >= 0.6 is 0 Å². The predicted octanol–water partition coefficient (Wildman–Crippen LogP) is 8.25. The van der Waals surface area contributed by atoms with E-state index in [4.69, 9.17) is 0 Å². The van der Waals surface area contributed by atoms with Gasteiger partial charge in [-0.15, -0.1) is 0 Å². The SMILES string of the molecule is O=Cc1ccccc1C#Cc1ccccc1C#Cc1ccccc1C#Cc1ccccc1C#Cc1ccc2ccccc2c1. The lowest BCUT2D eigenvalue weighted by atomic mass is 10.0. The normalized spacial score (nSPS) is 9.64. The van der Waals surface area contributed by atoms with Crippen molar-refractivity contribution in [1.82, 2.24) is 0 Å². The van der Waals surface area contributed by atoms with E-state index in [-0.39, 0.29) is 0 Å². The Hall–Kier alpha value is -6.51. The Morgan fingerprint density at radius 2 is 0.705 bits per heavy atom. The van der Waals surface area contributed by atoms with Gasteiger partial charge in [-0.3, -0.25) is 4.79 Å². The zero-order valence-corrected chi connectivity index (χ0v) is 23.8. The van der Waals surface area contributed by atoms with E-state index in [1.54, 1.807) is 6.07 Å². The highest BCUT2D eigenvalue weighted by atomic mass is 16.1. The molecule has 6 aromatic carbocycles. The summed E-state index contributed by atoms with van der Waals surface area (Å²) in [6.07, 6.45) is 0.823. The fourth-order valence-electron chi connectivity index (χ4n) is 4.63. The van der Waals surface area contributed by atoms with E-state index in [1.165, 1.54) is 10.8 Å². The van der Waals surface area contributed by atoms with Crippen molar-refractivity contribution in [3.8, 4) is 47.4 Å². The Bertz CT molecular complexity index is 2270. The van der Waals surface area contributed by atoms with E-state index in [0.29, 0.717) is 11.1 Å². The van der Waals surface area contributed by atoms with Gasteiger partial charge in [0.2, 0.25) is 0 Å². The molecule has 0 aliphatic heterocycles. The average Bonchev–Trinajstić information content (AvgIpc) is 3.09. The maximum absolute atomic E-state index is 11.4. The number of benzene rings is 6. The van der Waals surface area contributed by atoms with Crippen LogP contribution in [0.15, 0.2) is 140 Å². The summed E-state index contributed by atoms with van der Waals surface area (Å²) < 4.78 is 0. The molecule has 1 nitrogen and oxygen atoms in total. The molecule has 0 aliphatic rings. The van der Waals surface area contributed by atoms with Crippen LogP contribution in [-0.2, 0) is 0 Å². The standard InChI is InChI=1S/C43H24O/c44-32-43-20-10-8-18-41(43)30-29-39-16-6-5-15-38(39)28-27-37-14-4-3-13-36(37)26-25-35-12-2-1-11-34(35)23-21-33-22-24-40-17-7-9-19-42(40)31-33/h1-20,22,24,31-32H. The maximum atomic E-state index is 11.4. The lowest BCUT2D eigenvalue weighted by Gasteiger charge is -1.99. The molecule has 0 aromatic heterocycles. The summed E-state index contributed by atoms with van der Waals surface area (Å²) in [5.41, 5.74) is 7.22. The van der Waals surface area contributed by atoms with E-state index in [1.807, 2.05) is 109 Å². The molecule has 0 saturated heterocycles. The van der Waals surface area contributed by atoms with E-state index < -0.39 is 0 Å². The average molecular weight is 557 g/mol. The number of aldehydes is 1. The Labute approximate surface area is 258 Å². The van der Waals surface area contributed by atoms with Crippen molar-refractivity contribution in [3.05, 3.63) is 190 Å². The third kappa shape index (κ3) is 6.68. The lowest BCUT2D eigenvalue weighted by Crippen LogP contribution is -1.88. The van der Waals surface area contributed by atoms with Crippen LogP contribution in [0.5, 0.6) is 0 Å². The van der Waals surface area contributed by atoms with Crippen LogP contribution in [-0.4, -0.2) is 6.29 Å². The minimum Gasteiger partial charge on any atom is -0.298 e.